The molecule has 0 spiro atoms. The minimum Gasteiger partial charge on any atom is -0.208 e. The molecule has 1 aliphatic heterocycles. The maximum atomic E-state index is 5.87. The Labute approximate surface area is 110 Å². The van der Waals surface area contributed by atoms with Crippen LogP contribution in [-0.4, -0.2) is 40.2 Å². The van der Waals surface area contributed by atoms with Crippen molar-refractivity contribution in [2.75, 3.05) is 0 Å². The molecule has 1 aromatic rings. The van der Waals surface area contributed by atoms with Crippen LogP contribution in [0.1, 0.15) is 0 Å². The van der Waals surface area contributed by atoms with Crippen molar-refractivity contribution in [1.29, 1.82) is 0 Å². The third-order valence-corrected chi connectivity index (χ3v) is 3.37. The van der Waals surface area contributed by atoms with Crippen molar-refractivity contribution in [3.8, 4) is 0 Å². The van der Waals surface area contributed by atoms with Crippen LogP contribution in [0.15, 0.2) is 23.1 Å². The van der Waals surface area contributed by atoms with Gasteiger partial charge in [0.15, 0.2) is 0 Å². The molecule has 1 fully saturated rings. The van der Waals surface area contributed by atoms with Crippen LogP contribution in [0.2, 0.25) is 0 Å². The van der Waals surface area contributed by atoms with Crippen LogP contribution in [0.3, 0.4) is 0 Å². The number of aromatic nitrogens is 3. The predicted octanol–water partition coefficient (Wildman–Crippen LogP) is 1.60. The Morgan fingerprint density at radius 3 is 1.94 bits per heavy atom. The number of alkyl halides is 2. The fraction of sp³-hybridized carbons (Fsp3) is 0.500. The van der Waals surface area contributed by atoms with Gasteiger partial charge in [-0.25, -0.2) is 5.01 Å². The second-order valence-electron chi connectivity index (χ2n) is 2.60. The summed E-state index contributed by atoms with van der Waals surface area (Å²) in [6, 6.07) is 0. The average Bonchev–Trinajstić information content (AvgIpc) is 2.84. The lowest BCUT2D eigenvalue weighted by atomic mass is 11.0. The Bertz CT molecular complexity index is 354. The van der Waals surface area contributed by atoms with Crippen LogP contribution in [0.5, 0.6) is 0 Å². The van der Waals surface area contributed by atoms with Crippen molar-refractivity contribution in [3.05, 3.63) is 12.7 Å². The van der Waals surface area contributed by atoms with Crippen molar-refractivity contribution >= 4 is 46.8 Å². The van der Waals surface area contributed by atoms with Gasteiger partial charge in [-0.1, -0.05) is 32.3 Å². The molecule has 0 bridgehead atoms. The van der Waals surface area contributed by atoms with Gasteiger partial charge in [-0.3, -0.25) is 0 Å². The van der Waals surface area contributed by atoms with Crippen molar-refractivity contribution in [2.45, 2.75) is 11.2 Å². The van der Waals surface area contributed by atoms with Gasteiger partial charge in [0.2, 0.25) is 11.2 Å². The van der Waals surface area contributed by atoms with E-state index in [2.05, 4.69) is 20.6 Å². The third-order valence-electron chi connectivity index (χ3n) is 1.62. The van der Waals surface area contributed by atoms with E-state index in [1.165, 1.54) is 22.3 Å². The number of hydrogen-bond donors (Lipinski definition) is 0. The fourth-order valence-electron chi connectivity index (χ4n) is 0.898. The maximum Gasteiger partial charge on any atom is 0.208 e. The molecule has 0 aliphatic carbocycles. The lowest BCUT2D eigenvalue weighted by molar-refractivity contribution is 0.231. The highest BCUT2D eigenvalue weighted by molar-refractivity contribution is 6.30. The number of hydrazine groups is 1. The number of rotatable bonds is 2. The van der Waals surface area contributed by atoms with Crippen molar-refractivity contribution < 1.29 is 0 Å². The van der Waals surface area contributed by atoms with Crippen molar-refractivity contribution in [2.24, 2.45) is 10.4 Å². The zero-order valence-electron chi connectivity index (χ0n) is 7.40. The van der Waals surface area contributed by atoms with E-state index in [9.17, 15) is 0 Å². The van der Waals surface area contributed by atoms with Gasteiger partial charge in [0.25, 0.3) is 0 Å². The predicted molar refractivity (Wildman–Crippen MR) is 56.8 cm³/mol. The lowest BCUT2D eigenvalue weighted by Crippen LogP contribution is -2.27. The molecule has 1 aliphatic rings. The van der Waals surface area contributed by atoms with Crippen LogP contribution in [0.25, 0.3) is 0 Å². The third kappa shape index (κ3) is 2.17. The molecule has 2 atom stereocenters. The Morgan fingerprint density at radius 2 is 1.44 bits per heavy atom. The van der Waals surface area contributed by atoms with Crippen LogP contribution in [-0.2, 0) is 0 Å². The minimum absolute atomic E-state index is 0.845. The monoisotopic (exact) mass is 304 g/mol. The number of halogens is 4. The van der Waals surface area contributed by atoms with Gasteiger partial charge in [-0.05, 0) is 34.0 Å². The smallest absolute Gasteiger partial charge is 0.208 e. The van der Waals surface area contributed by atoms with Crippen molar-refractivity contribution in [3.63, 3.8) is 0 Å². The first-order valence-electron chi connectivity index (χ1n) is 3.84. The topological polar surface area (TPSA) is 65.2 Å². The molecule has 0 N–H and O–H groups in total. The summed E-state index contributed by atoms with van der Waals surface area (Å²) < 4.78 is 3.22. The Balaban J connectivity index is 2.10. The molecule has 1 aromatic heterocycles. The second-order valence-corrected chi connectivity index (χ2v) is 4.07. The average molecular weight is 306 g/mol. The molecule has 0 aromatic carbocycles. The van der Waals surface area contributed by atoms with E-state index < -0.39 is 11.2 Å². The summed E-state index contributed by atoms with van der Waals surface area (Å²) in [6.45, 7) is 0. The highest BCUT2D eigenvalue weighted by atomic mass is 35.5. The zero-order chi connectivity index (χ0) is 11.7. The van der Waals surface area contributed by atoms with Crippen LogP contribution in [0.4, 0.5) is 0 Å². The Kier molecular flexibility index (Phi) is 3.67. The summed E-state index contributed by atoms with van der Waals surface area (Å²) >= 11 is 23.1. The Hall–Kier alpha value is -0.380. The summed E-state index contributed by atoms with van der Waals surface area (Å²) in [4.78, 5) is 0. The van der Waals surface area contributed by atoms with E-state index in [4.69, 9.17) is 46.8 Å². The van der Waals surface area contributed by atoms with E-state index in [1.807, 2.05) is 0 Å². The molecule has 16 heavy (non-hydrogen) atoms. The van der Waals surface area contributed by atoms with Crippen molar-refractivity contribution in [1.82, 2.24) is 28.9 Å². The summed E-state index contributed by atoms with van der Waals surface area (Å²) in [5.74, 6) is 0. The highest BCUT2D eigenvalue weighted by Crippen LogP contribution is 2.33. The number of nitrogens with zero attached hydrogens (tertiary/aromatic N) is 8. The highest BCUT2D eigenvalue weighted by Gasteiger charge is 2.43. The standard InChI is InChI=1S/C4H4Cl4N8/c5-3-14(4(6)16(8)15(3)7)12-11-13-1-9-10-2-13/h1-4H. The molecule has 2 rings (SSSR count). The molecule has 12 heteroatoms. The summed E-state index contributed by atoms with van der Waals surface area (Å²) in [5, 5.41) is 15.7. The molecule has 1 saturated heterocycles. The largest absolute Gasteiger partial charge is 0.208 e. The van der Waals surface area contributed by atoms with Gasteiger partial charge in [0, 0.05) is 0 Å². The molecule has 8 nitrogen and oxygen atoms in total. The molecule has 0 radical (unpaired) electrons. The van der Waals surface area contributed by atoms with Crippen LogP contribution in [0, 0.1) is 0 Å². The van der Waals surface area contributed by atoms with Gasteiger partial charge < -0.3 is 0 Å². The van der Waals surface area contributed by atoms with E-state index in [-0.39, 0.29) is 0 Å². The Morgan fingerprint density at radius 1 is 0.938 bits per heavy atom. The normalized spacial score (nSPS) is 28.4. The lowest BCUT2D eigenvalue weighted by Gasteiger charge is -2.14. The molecule has 0 saturated carbocycles. The second kappa shape index (κ2) is 4.86. The first kappa shape index (κ1) is 12.1. The summed E-state index contributed by atoms with van der Waals surface area (Å²) in [6.07, 6.45) is 2.70. The molecular formula is C4H4Cl4N8. The van der Waals surface area contributed by atoms with Crippen LogP contribution < -0.4 is 0 Å². The summed E-state index contributed by atoms with van der Waals surface area (Å²) in [7, 11) is 0. The molecule has 2 unspecified atom stereocenters. The van der Waals surface area contributed by atoms with Crippen LogP contribution >= 0.6 is 46.8 Å². The first-order valence-corrected chi connectivity index (χ1v) is 5.39. The zero-order valence-corrected chi connectivity index (χ0v) is 10.4. The maximum absolute atomic E-state index is 5.87. The first-order chi connectivity index (χ1) is 7.61. The molecule has 0 amide bonds. The molecule has 88 valence electrons. The minimum atomic E-state index is -0.845. The van der Waals surface area contributed by atoms with Gasteiger partial charge >= 0.3 is 0 Å². The fourth-order valence-corrected chi connectivity index (χ4v) is 1.87. The quantitative estimate of drug-likeness (QED) is 0.359. The van der Waals surface area contributed by atoms with E-state index >= 15 is 0 Å². The molecular weight excluding hydrogens is 302 g/mol. The summed E-state index contributed by atoms with van der Waals surface area (Å²) in [5.41, 5.74) is -1.69. The molecule has 2 heterocycles. The van der Waals surface area contributed by atoms with Gasteiger partial charge in [0.1, 0.15) is 12.7 Å². The van der Waals surface area contributed by atoms with Gasteiger partial charge in [-0.15, -0.1) is 10.2 Å². The SMILES string of the molecule is ClC1N(N=Nn2cnnc2)C(Cl)N(Cl)N1Cl. The van der Waals surface area contributed by atoms with E-state index in [0.717, 1.165) is 9.06 Å². The van der Waals surface area contributed by atoms with E-state index in [0.29, 0.717) is 0 Å². The number of hydrogen-bond acceptors (Lipinski definition) is 6. The van der Waals surface area contributed by atoms with Gasteiger partial charge in [0.05, 0.1) is 0 Å². The van der Waals surface area contributed by atoms with Gasteiger partial charge in [-0.2, -0.15) is 4.68 Å². The van der Waals surface area contributed by atoms with E-state index in [1.54, 1.807) is 0 Å².